The van der Waals surface area contributed by atoms with E-state index < -0.39 is 11.4 Å². The van der Waals surface area contributed by atoms with Gasteiger partial charge in [-0.25, -0.2) is 0 Å². The molecular weight excluding hydrogens is 332 g/mol. The highest BCUT2D eigenvalue weighted by molar-refractivity contribution is 5.96. The maximum absolute atomic E-state index is 12.8. The van der Waals surface area contributed by atoms with E-state index in [0.717, 1.165) is 11.4 Å². The second kappa shape index (κ2) is 7.82. The first-order valence-corrected chi connectivity index (χ1v) is 9.72. The maximum atomic E-state index is 12.8. The van der Waals surface area contributed by atoms with Gasteiger partial charge in [0.2, 0.25) is 0 Å². The van der Waals surface area contributed by atoms with E-state index in [0.29, 0.717) is 37.7 Å². The van der Waals surface area contributed by atoms with Gasteiger partial charge >= 0.3 is 5.97 Å². The van der Waals surface area contributed by atoms with Gasteiger partial charge in [0, 0.05) is 37.2 Å². The van der Waals surface area contributed by atoms with E-state index in [4.69, 9.17) is 4.74 Å². The predicted molar refractivity (Wildman–Crippen MR) is 98.5 cm³/mol. The van der Waals surface area contributed by atoms with Crippen LogP contribution in [0.25, 0.3) is 0 Å². The molecule has 2 N–H and O–H groups in total. The average Bonchev–Trinajstić information content (AvgIpc) is 2.95. The number of rotatable bonds is 5. The number of aromatic nitrogens is 1. The molecule has 3 rings (SSSR count). The number of hydrogen-bond donors (Lipinski definition) is 2. The van der Waals surface area contributed by atoms with Crippen molar-refractivity contribution in [1.29, 1.82) is 0 Å². The van der Waals surface area contributed by atoms with Crippen molar-refractivity contribution in [2.24, 2.45) is 5.41 Å². The molecule has 2 heterocycles. The van der Waals surface area contributed by atoms with Crippen molar-refractivity contribution in [3.8, 4) is 0 Å². The Morgan fingerprint density at radius 2 is 1.88 bits per heavy atom. The van der Waals surface area contributed by atoms with Crippen LogP contribution < -0.4 is 5.32 Å². The Morgan fingerprint density at radius 1 is 1.23 bits per heavy atom. The van der Waals surface area contributed by atoms with Crippen LogP contribution in [0.5, 0.6) is 0 Å². The predicted octanol–water partition coefficient (Wildman–Crippen LogP) is 3.22. The van der Waals surface area contributed by atoms with E-state index in [1.807, 2.05) is 13.0 Å². The number of carbonyl (C=O) groups is 2. The fourth-order valence-electron chi connectivity index (χ4n) is 4.48. The summed E-state index contributed by atoms with van der Waals surface area (Å²) in [6, 6.07) is 2.42. The van der Waals surface area contributed by atoms with Crippen LogP contribution in [0.3, 0.4) is 0 Å². The van der Waals surface area contributed by atoms with Crippen LogP contribution in [0.1, 0.15) is 72.7 Å². The number of carboxylic acids is 1. The summed E-state index contributed by atoms with van der Waals surface area (Å²) < 4.78 is 7.59. The summed E-state index contributed by atoms with van der Waals surface area (Å²) in [6.45, 7) is 5.06. The van der Waals surface area contributed by atoms with Crippen molar-refractivity contribution in [1.82, 2.24) is 9.88 Å². The molecule has 0 bridgehead atoms. The monoisotopic (exact) mass is 362 g/mol. The zero-order chi connectivity index (χ0) is 18.7. The van der Waals surface area contributed by atoms with E-state index in [-0.39, 0.29) is 12.5 Å². The van der Waals surface area contributed by atoms with Crippen LogP contribution in [-0.2, 0) is 9.53 Å². The molecule has 6 nitrogen and oxygen atoms in total. The minimum absolute atomic E-state index is 0.150. The van der Waals surface area contributed by atoms with Crippen molar-refractivity contribution in [2.75, 3.05) is 19.8 Å². The molecule has 144 valence electrons. The number of hydrogen-bond acceptors (Lipinski definition) is 3. The first-order valence-electron chi connectivity index (χ1n) is 9.72. The minimum atomic E-state index is -0.914. The van der Waals surface area contributed by atoms with Crippen molar-refractivity contribution in [3.63, 3.8) is 0 Å². The molecule has 6 heteroatoms. The van der Waals surface area contributed by atoms with E-state index >= 15 is 0 Å². The second-order valence-corrected chi connectivity index (χ2v) is 7.83. The Morgan fingerprint density at radius 3 is 2.50 bits per heavy atom. The molecule has 26 heavy (non-hydrogen) atoms. The first-order chi connectivity index (χ1) is 12.4. The third-order valence-electron chi connectivity index (χ3n) is 6.16. The molecule has 1 amide bonds. The van der Waals surface area contributed by atoms with Gasteiger partial charge < -0.3 is 19.7 Å². The molecule has 2 fully saturated rings. The highest BCUT2D eigenvalue weighted by Crippen LogP contribution is 2.33. The standard InChI is InChI=1S/C20H30N2O4/c1-14-12-17(15(2)22(14)16-6-4-3-5-7-16)18(23)21-13-20(19(24)25)8-10-26-11-9-20/h12,16H,3-11,13H2,1-2H3,(H,21,23)(H,24,25). The Balaban J connectivity index is 1.72. The molecular formula is C20H30N2O4. The normalized spacial score (nSPS) is 20.7. The number of nitrogens with one attached hydrogen (secondary N) is 1. The number of aliphatic carboxylic acids is 1. The Kier molecular flexibility index (Phi) is 5.70. The van der Waals surface area contributed by atoms with Crippen LogP contribution in [-0.4, -0.2) is 41.3 Å². The van der Waals surface area contributed by atoms with Gasteiger partial charge in [0.25, 0.3) is 5.91 Å². The second-order valence-electron chi connectivity index (χ2n) is 7.83. The number of ether oxygens (including phenoxy) is 1. The van der Waals surface area contributed by atoms with Gasteiger partial charge in [0.15, 0.2) is 0 Å². The number of carbonyl (C=O) groups excluding carboxylic acids is 1. The van der Waals surface area contributed by atoms with Gasteiger partial charge in [0.1, 0.15) is 0 Å². The smallest absolute Gasteiger partial charge is 0.311 e. The SMILES string of the molecule is Cc1cc(C(=O)NCC2(C(=O)O)CCOCC2)c(C)n1C1CCCCC1. The summed E-state index contributed by atoms with van der Waals surface area (Å²) in [5, 5.41) is 12.5. The van der Waals surface area contributed by atoms with Gasteiger partial charge in [0.05, 0.1) is 11.0 Å². The number of aryl methyl sites for hydroxylation is 1. The summed E-state index contributed by atoms with van der Waals surface area (Å²) in [6.07, 6.45) is 6.98. The van der Waals surface area contributed by atoms with Crippen LogP contribution in [0.4, 0.5) is 0 Å². The molecule has 2 aliphatic rings. The van der Waals surface area contributed by atoms with Crippen LogP contribution in [0, 0.1) is 19.3 Å². The summed E-state index contributed by atoms with van der Waals surface area (Å²) in [5.41, 5.74) is 1.85. The third kappa shape index (κ3) is 3.65. The van der Waals surface area contributed by atoms with E-state index in [2.05, 4.69) is 16.8 Å². The summed E-state index contributed by atoms with van der Waals surface area (Å²) in [4.78, 5) is 24.5. The number of nitrogens with zero attached hydrogens (tertiary/aromatic N) is 1. The zero-order valence-electron chi connectivity index (χ0n) is 15.8. The fraction of sp³-hybridized carbons (Fsp3) is 0.700. The van der Waals surface area contributed by atoms with Gasteiger partial charge in [-0.3, -0.25) is 9.59 Å². The van der Waals surface area contributed by atoms with Crippen molar-refractivity contribution >= 4 is 11.9 Å². The van der Waals surface area contributed by atoms with Crippen LogP contribution in [0.15, 0.2) is 6.07 Å². The van der Waals surface area contributed by atoms with E-state index in [1.54, 1.807) is 0 Å². The summed E-state index contributed by atoms with van der Waals surface area (Å²) >= 11 is 0. The Bertz CT molecular complexity index is 668. The van der Waals surface area contributed by atoms with Crippen LogP contribution >= 0.6 is 0 Å². The molecule has 0 aromatic carbocycles. The molecule has 0 radical (unpaired) electrons. The molecule has 1 aliphatic carbocycles. The number of amides is 1. The highest BCUT2D eigenvalue weighted by atomic mass is 16.5. The minimum Gasteiger partial charge on any atom is -0.481 e. The summed E-state index contributed by atoms with van der Waals surface area (Å²) in [5.74, 6) is -1.03. The quantitative estimate of drug-likeness (QED) is 0.843. The van der Waals surface area contributed by atoms with Crippen molar-refractivity contribution < 1.29 is 19.4 Å². The lowest BCUT2D eigenvalue weighted by atomic mass is 9.80. The van der Waals surface area contributed by atoms with E-state index in [1.165, 1.54) is 32.1 Å². The Labute approximate surface area is 154 Å². The van der Waals surface area contributed by atoms with E-state index in [9.17, 15) is 14.7 Å². The van der Waals surface area contributed by atoms with Crippen molar-refractivity contribution in [3.05, 3.63) is 23.0 Å². The van der Waals surface area contributed by atoms with Gasteiger partial charge in [-0.1, -0.05) is 19.3 Å². The molecule has 0 spiro atoms. The topological polar surface area (TPSA) is 80.6 Å². The largest absolute Gasteiger partial charge is 0.481 e. The maximum Gasteiger partial charge on any atom is 0.311 e. The lowest BCUT2D eigenvalue weighted by molar-refractivity contribution is -0.154. The molecule has 1 aliphatic heterocycles. The van der Waals surface area contributed by atoms with Gasteiger partial charge in [-0.15, -0.1) is 0 Å². The average molecular weight is 362 g/mol. The molecule has 1 saturated carbocycles. The first kappa shape index (κ1) is 19.0. The fourth-order valence-corrected chi connectivity index (χ4v) is 4.48. The summed E-state index contributed by atoms with van der Waals surface area (Å²) in [7, 11) is 0. The molecule has 1 aromatic heterocycles. The third-order valence-corrected chi connectivity index (χ3v) is 6.16. The Hall–Kier alpha value is -1.82. The lowest BCUT2D eigenvalue weighted by Gasteiger charge is -2.33. The zero-order valence-corrected chi connectivity index (χ0v) is 15.8. The van der Waals surface area contributed by atoms with Crippen LogP contribution in [0.2, 0.25) is 0 Å². The van der Waals surface area contributed by atoms with Gasteiger partial charge in [-0.05, 0) is 45.6 Å². The molecule has 1 aromatic rings. The van der Waals surface area contributed by atoms with Gasteiger partial charge in [-0.2, -0.15) is 0 Å². The lowest BCUT2D eigenvalue weighted by Crippen LogP contribution is -2.46. The molecule has 0 atom stereocenters. The molecule has 0 unspecified atom stereocenters. The highest BCUT2D eigenvalue weighted by Gasteiger charge is 2.40. The number of carboxylic acid groups (broad SMARTS) is 1. The van der Waals surface area contributed by atoms with Crippen molar-refractivity contribution in [2.45, 2.75) is 64.8 Å². The molecule has 1 saturated heterocycles.